The van der Waals surface area contributed by atoms with E-state index in [1.54, 1.807) is 21.1 Å². The zero-order valence-corrected chi connectivity index (χ0v) is 38.7. The molecule has 8 heteroatoms. The number of aliphatic carboxylic acids is 1. The highest BCUT2D eigenvalue weighted by atomic mass is 16.6. The first-order valence-corrected chi connectivity index (χ1v) is 24.4. The van der Waals surface area contributed by atoms with Crippen molar-refractivity contribution in [2.45, 2.75) is 238 Å². The summed E-state index contributed by atoms with van der Waals surface area (Å²) in [5.41, 5.74) is 0. The van der Waals surface area contributed by atoms with Gasteiger partial charge >= 0.3 is 11.9 Å². The number of carbonyl (C=O) groups excluding carboxylic acids is 3. The van der Waals surface area contributed by atoms with E-state index < -0.39 is 18.1 Å². The molecule has 0 N–H and O–H groups in total. The molecule has 0 aromatic heterocycles. The van der Waals surface area contributed by atoms with E-state index >= 15 is 0 Å². The lowest BCUT2D eigenvalue weighted by Gasteiger charge is -2.34. The smallest absolute Gasteiger partial charge is 0.306 e. The molecule has 8 nitrogen and oxygen atoms in total. The molecule has 0 aliphatic carbocycles. The zero-order chi connectivity index (χ0) is 42.8. The molecular weight excluding hydrogens is 727 g/mol. The van der Waals surface area contributed by atoms with Crippen molar-refractivity contribution in [3.05, 3.63) is 24.3 Å². The van der Waals surface area contributed by atoms with Gasteiger partial charge in [0.2, 0.25) is 0 Å². The fourth-order valence-corrected chi connectivity index (χ4v) is 7.28. The molecule has 0 bridgehead atoms. The van der Waals surface area contributed by atoms with Crippen LogP contribution in [0.3, 0.4) is 0 Å². The molecule has 2 atom stereocenters. The van der Waals surface area contributed by atoms with Gasteiger partial charge in [0.15, 0.2) is 6.10 Å². The number of hydrogen-bond donors (Lipinski definition) is 0. The molecule has 0 radical (unpaired) electrons. The van der Waals surface area contributed by atoms with Gasteiger partial charge in [0, 0.05) is 19.3 Å². The number of nitrogens with zero attached hydrogens (tertiary/aromatic N) is 1. The van der Waals surface area contributed by atoms with Crippen molar-refractivity contribution in [1.29, 1.82) is 0 Å². The Morgan fingerprint density at radius 3 is 1.33 bits per heavy atom. The number of unbranched alkanes of at least 4 members (excludes halogenated alkanes) is 26. The second-order valence-electron chi connectivity index (χ2n) is 17.7. The molecule has 0 amide bonds. The second kappa shape index (κ2) is 41.5. The summed E-state index contributed by atoms with van der Waals surface area (Å²) in [5, 5.41) is 11.6. The molecule has 340 valence electrons. The highest BCUT2D eigenvalue weighted by Crippen LogP contribution is 2.15. The third kappa shape index (κ3) is 39.3. The van der Waals surface area contributed by atoms with Crippen LogP contribution in [0.4, 0.5) is 0 Å². The van der Waals surface area contributed by atoms with Crippen molar-refractivity contribution < 1.29 is 38.2 Å². The summed E-state index contributed by atoms with van der Waals surface area (Å²) in [6.45, 7) is 4.67. The molecule has 0 aromatic carbocycles. The average Bonchev–Trinajstić information content (AvgIpc) is 3.18. The van der Waals surface area contributed by atoms with Gasteiger partial charge in [-0.05, 0) is 44.9 Å². The molecule has 0 spiro atoms. The Morgan fingerprint density at radius 2 is 0.914 bits per heavy atom. The molecule has 0 fully saturated rings. The van der Waals surface area contributed by atoms with Crippen LogP contribution in [0.1, 0.15) is 226 Å². The number of ether oxygens (including phenoxy) is 3. The van der Waals surface area contributed by atoms with Crippen LogP contribution in [0, 0.1) is 0 Å². The van der Waals surface area contributed by atoms with Gasteiger partial charge in [0.25, 0.3) is 0 Å². The molecule has 0 aliphatic heterocycles. The number of esters is 2. The molecular formula is C50H93NO7. The normalized spacial score (nSPS) is 13.1. The summed E-state index contributed by atoms with van der Waals surface area (Å²) >= 11 is 0. The molecule has 0 saturated heterocycles. The molecule has 0 aliphatic rings. The topological polar surface area (TPSA) is 102 Å². The third-order valence-electron chi connectivity index (χ3n) is 11.1. The van der Waals surface area contributed by atoms with E-state index in [4.69, 9.17) is 14.2 Å². The standard InChI is InChI=1S/C50H93NO7/c1-6-8-10-12-14-16-18-20-21-22-23-24-25-26-27-28-29-31-32-34-36-38-40-48(52)57-45-46(44-56-43-42-47(50(54)55)51(3,4)5)58-49(53)41-39-37-35-33-30-19-17-15-13-11-9-7-2/h22-23,25-26,46-47H,6-21,24,27-45H2,1-5H3/b23-22+,26-25+. The minimum Gasteiger partial charge on any atom is -0.544 e. The number of allylic oxidation sites excluding steroid dienone is 4. The van der Waals surface area contributed by atoms with E-state index in [1.807, 2.05) is 0 Å². The number of carboxylic acids is 1. The second-order valence-corrected chi connectivity index (χ2v) is 17.7. The Hall–Kier alpha value is -2.19. The van der Waals surface area contributed by atoms with Crippen LogP contribution in [0.25, 0.3) is 0 Å². The van der Waals surface area contributed by atoms with E-state index in [0.717, 1.165) is 51.4 Å². The van der Waals surface area contributed by atoms with Crippen molar-refractivity contribution in [3.63, 3.8) is 0 Å². The Balaban J connectivity index is 4.21. The van der Waals surface area contributed by atoms with Crippen molar-refractivity contribution in [3.8, 4) is 0 Å². The van der Waals surface area contributed by atoms with E-state index in [-0.39, 0.29) is 42.7 Å². The number of carboxylic acid groups (broad SMARTS) is 1. The number of rotatable bonds is 44. The van der Waals surface area contributed by atoms with Crippen LogP contribution < -0.4 is 5.11 Å². The Bertz CT molecular complexity index is 1000. The minimum absolute atomic E-state index is 0.0423. The SMILES string of the molecule is CCCCCCCCCC/C=C/C/C=C/CCCCCCCCCC(=O)OCC(COCCC(C(=O)[O-])[N+](C)(C)C)OC(=O)CCCCCCCCCCCCCC. The van der Waals surface area contributed by atoms with E-state index in [1.165, 1.54) is 141 Å². The first kappa shape index (κ1) is 55.8. The summed E-state index contributed by atoms with van der Waals surface area (Å²) in [4.78, 5) is 36.9. The van der Waals surface area contributed by atoms with Gasteiger partial charge in [-0.1, -0.05) is 186 Å². The largest absolute Gasteiger partial charge is 0.544 e. The lowest BCUT2D eigenvalue weighted by Crippen LogP contribution is -2.55. The Kier molecular flexibility index (Phi) is 40.0. The van der Waals surface area contributed by atoms with Gasteiger partial charge in [-0.2, -0.15) is 0 Å². The number of quaternary nitrogens is 1. The van der Waals surface area contributed by atoms with E-state index in [0.29, 0.717) is 12.8 Å². The number of carbonyl (C=O) groups is 3. The minimum atomic E-state index is -1.12. The Morgan fingerprint density at radius 1 is 0.517 bits per heavy atom. The van der Waals surface area contributed by atoms with Gasteiger partial charge in [0.05, 0.1) is 40.3 Å². The Labute approximate surface area is 358 Å². The van der Waals surface area contributed by atoms with Crippen LogP contribution in [0.15, 0.2) is 24.3 Å². The highest BCUT2D eigenvalue weighted by molar-refractivity contribution is 5.70. The summed E-state index contributed by atoms with van der Waals surface area (Å²) < 4.78 is 17.2. The zero-order valence-electron chi connectivity index (χ0n) is 38.7. The monoisotopic (exact) mass is 820 g/mol. The first-order valence-electron chi connectivity index (χ1n) is 24.4. The van der Waals surface area contributed by atoms with E-state index in [9.17, 15) is 19.5 Å². The molecule has 0 aromatic rings. The maximum atomic E-state index is 12.7. The quantitative estimate of drug-likeness (QED) is 0.0261. The summed E-state index contributed by atoms with van der Waals surface area (Å²) in [6, 6.07) is -0.724. The number of hydrogen-bond acceptors (Lipinski definition) is 7. The lowest BCUT2D eigenvalue weighted by atomic mass is 10.0. The number of likely N-dealkylation sites (N-methyl/N-ethyl adjacent to an activating group) is 1. The van der Waals surface area contributed by atoms with Crippen LogP contribution in [0.2, 0.25) is 0 Å². The molecule has 2 unspecified atom stereocenters. The lowest BCUT2D eigenvalue weighted by molar-refractivity contribution is -0.889. The molecule has 58 heavy (non-hydrogen) atoms. The predicted molar refractivity (Wildman–Crippen MR) is 240 cm³/mol. The fourth-order valence-electron chi connectivity index (χ4n) is 7.28. The van der Waals surface area contributed by atoms with Crippen LogP contribution in [-0.2, 0) is 28.6 Å². The van der Waals surface area contributed by atoms with Crippen molar-refractivity contribution >= 4 is 17.9 Å². The van der Waals surface area contributed by atoms with Gasteiger partial charge in [0.1, 0.15) is 12.6 Å². The molecule has 0 saturated carbocycles. The predicted octanol–water partition coefficient (Wildman–Crippen LogP) is 12.3. The van der Waals surface area contributed by atoms with Gasteiger partial charge < -0.3 is 28.6 Å². The van der Waals surface area contributed by atoms with Crippen molar-refractivity contribution in [2.75, 3.05) is 41.0 Å². The van der Waals surface area contributed by atoms with Crippen LogP contribution in [-0.4, -0.2) is 75.5 Å². The van der Waals surface area contributed by atoms with Crippen molar-refractivity contribution in [2.24, 2.45) is 0 Å². The first-order chi connectivity index (χ1) is 28.1. The van der Waals surface area contributed by atoms with Gasteiger partial charge in [-0.25, -0.2) is 0 Å². The highest BCUT2D eigenvalue weighted by Gasteiger charge is 2.25. The van der Waals surface area contributed by atoms with E-state index in [2.05, 4.69) is 38.2 Å². The van der Waals surface area contributed by atoms with Gasteiger partial charge in [-0.3, -0.25) is 9.59 Å². The van der Waals surface area contributed by atoms with Crippen molar-refractivity contribution in [1.82, 2.24) is 0 Å². The molecule has 0 heterocycles. The maximum absolute atomic E-state index is 12.7. The third-order valence-corrected chi connectivity index (χ3v) is 11.1. The summed E-state index contributed by atoms with van der Waals surface area (Å²) in [7, 11) is 5.41. The van der Waals surface area contributed by atoms with Crippen LogP contribution in [0.5, 0.6) is 0 Å². The molecule has 0 rings (SSSR count). The summed E-state index contributed by atoms with van der Waals surface area (Å²) in [5.74, 6) is -1.73. The maximum Gasteiger partial charge on any atom is 0.306 e. The van der Waals surface area contributed by atoms with Crippen LogP contribution >= 0.6 is 0 Å². The summed E-state index contributed by atoms with van der Waals surface area (Å²) in [6.07, 6.45) is 46.3. The average molecular weight is 820 g/mol. The fraction of sp³-hybridized carbons (Fsp3) is 0.860. The van der Waals surface area contributed by atoms with Gasteiger partial charge in [-0.15, -0.1) is 0 Å².